The van der Waals surface area contributed by atoms with Gasteiger partial charge >= 0.3 is 0 Å². The third-order valence-electron chi connectivity index (χ3n) is 4.24. The lowest BCUT2D eigenvalue weighted by Crippen LogP contribution is -2.24. The molecular formula is C19H23N3O. The molecule has 0 saturated carbocycles. The van der Waals surface area contributed by atoms with E-state index in [4.69, 9.17) is 0 Å². The topological polar surface area (TPSA) is 45.2 Å². The third-order valence-corrected chi connectivity index (χ3v) is 4.24. The lowest BCUT2D eigenvalue weighted by molar-refractivity contribution is -0.116. The second kappa shape index (κ2) is 6.82. The van der Waals surface area contributed by atoms with Gasteiger partial charge in [-0.3, -0.25) is 4.79 Å². The van der Waals surface area contributed by atoms with E-state index in [-0.39, 0.29) is 5.91 Å². The van der Waals surface area contributed by atoms with Gasteiger partial charge in [-0.05, 0) is 43.5 Å². The average molecular weight is 309 g/mol. The molecule has 0 bridgehead atoms. The molecule has 0 radical (unpaired) electrons. The molecule has 1 aromatic heterocycles. The molecule has 4 heteroatoms. The summed E-state index contributed by atoms with van der Waals surface area (Å²) in [6.45, 7) is 4.29. The van der Waals surface area contributed by atoms with E-state index in [0.717, 1.165) is 30.8 Å². The highest BCUT2D eigenvalue weighted by molar-refractivity contribution is 5.90. The molecule has 2 aromatic rings. The van der Waals surface area contributed by atoms with Crippen LogP contribution in [0.2, 0.25) is 0 Å². The van der Waals surface area contributed by atoms with Crippen molar-refractivity contribution in [2.24, 2.45) is 0 Å². The number of carbonyl (C=O) groups is 1. The van der Waals surface area contributed by atoms with Crippen LogP contribution in [0.5, 0.6) is 0 Å². The van der Waals surface area contributed by atoms with Gasteiger partial charge in [0.2, 0.25) is 5.91 Å². The van der Waals surface area contributed by atoms with E-state index < -0.39 is 0 Å². The van der Waals surface area contributed by atoms with Gasteiger partial charge in [0.25, 0.3) is 0 Å². The van der Waals surface area contributed by atoms with E-state index in [1.54, 1.807) is 6.20 Å². The van der Waals surface area contributed by atoms with Crippen LogP contribution in [0.15, 0.2) is 42.6 Å². The van der Waals surface area contributed by atoms with Crippen molar-refractivity contribution in [1.82, 2.24) is 4.98 Å². The minimum Gasteiger partial charge on any atom is -0.325 e. The van der Waals surface area contributed by atoms with Crippen molar-refractivity contribution < 1.29 is 4.79 Å². The number of benzene rings is 1. The van der Waals surface area contributed by atoms with Crippen LogP contribution in [0.3, 0.4) is 0 Å². The van der Waals surface area contributed by atoms with Crippen molar-refractivity contribution >= 4 is 23.1 Å². The van der Waals surface area contributed by atoms with E-state index in [1.165, 1.54) is 11.3 Å². The number of aromatic nitrogens is 1. The van der Waals surface area contributed by atoms with Gasteiger partial charge in [0.1, 0.15) is 5.82 Å². The molecule has 1 aliphatic rings. The van der Waals surface area contributed by atoms with Gasteiger partial charge in [0.05, 0.1) is 11.9 Å². The number of nitrogens with zero attached hydrogens (tertiary/aromatic N) is 2. The van der Waals surface area contributed by atoms with Gasteiger partial charge in [0.15, 0.2) is 0 Å². The molecule has 1 N–H and O–H groups in total. The van der Waals surface area contributed by atoms with Crippen molar-refractivity contribution in [3.63, 3.8) is 0 Å². The molecule has 4 nitrogen and oxygen atoms in total. The van der Waals surface area contributed by atoms with Crippen LogP contribution in [0.4, 0.5) is 17.2 Å². The van der Waals surface area contributed by atoms with Gasteiger partial charge in [0, 0.05) is 18.2 Å². The van der Waals surface area contributed by atoms with Gasteiger partial charge < -0.3 is 10.2 Å². The molecule has 0 spiro atoms. The number of fused-ring (bicyclic) bond motifs is 1. The predicted molar refractivity (Wildman–Crippen MR) is 94.1 cm³/mol. The molecule has 0 aliphatic carbocycles. The number of unbranched alkanes of at least 4 members (excludes halogenated alkanes) is 1. The molecule has 1 aliphatic heterocycles. The number of rotatable bonds is 5. The number of para-hydroxylation sites is 1. The molecule has 1 aromatic carbocycles. The fraction of sp³-hybridized carbons (Fsp3) is 0.368. The minimum absolute atomic E-state index is 0.0567. The number of hydrogen-bond donors (Lipinski definition) is 1. The summed E-state index contributed by atoms with van der Waals surface area (Å²) in [4.78, 5) is 18.6. The van der Waals surface area contributed by atoms with Gasteiger partial charge in [-0.15, -0.1) is 0 Å². The maximum Gasteiger partial charge on any atom is 0.224 e. The van der Waals surface area contributed by atoms with Crippen molar-refractivity contribution in [2.75, 3.05) is 10.2 Å². The number of carbonyl (C=O) groups excluding carboxylic acids is 1. The minimum atomic E-state index is 0.0567. The number of amides is 1. The third kappa shape index (κ3) is 3.36. The molecule has 0 fully saturated rings. The van der Waals surface area contributed by atoms with E-state index in [0.29, 0.717) is 12.5 Å². The first kappa shape index (κ1) is 15.5. The van der Waals surface area contributed by atoms with Crippen molar-refractivity contribution in [3.8, 4) is 0 Å². The van der Waals surface area contributed by atoms with Gasteiger partial charge in [-0.25, -0.2) is 4.98 Å². The molecule has 0 saturated heterocycles. The Kier molecular flexibility index (Phi) is 4.60. The van der Waals surface area contributed by atoms with Crippen LogP contribution in [0.25, 0.3) is 0 Å². The van der Waals surface area contributed by atoms with Gasteiger partial charge in [-0.2, -0.15) is 0 Å². The molecule has 1 amide bonds. The Hall–Kier alpha value is -2.36. The largest absolute Gasteiger partial charge is 0.325 e. The fourth-order valence-electron chi connectivity index (χ4n) is 3.08. The molecular weight excluding hydrogens is 286 g/mol. The second-order valence-electron chi connectivity index (χ2n) is 6.11. The first-order chi connectivity index (χ1) is 11.2. The fourth-order valence-corrected chi connectivity index (χ4v) is 3.08. The Bertz CT molecular complexity index is 681. The number of hydrogen-bond acceptors (Lipinski definition) is 3. The zero-order valence-corrected chi connectivity index (χ0v) is 13.7. The summed E-state index contributed by atoms with van der Waals surface area (Å²) in [7, 11) is 0. The first-order valence-corrected chi connectivity index (χ1v) is 8.32. The van der Waals surface area contributed by atoms with Crippen LogP contribution in [-0.2, 0) is 11.2 Å². The van der Waals surface area contributed by atoms with Gasteiger partial charge in [-0.1, -0.05) is 31.5 Å². The standard InChI is InChI=1S/C19H23N3O/c1-3-4-9-19(23)21-16-10-11-18(20-13-16)22-14(2)12-15-7-5-6-8-17(15)22/h5-8,10-11,13-14H,3-4,9,12H2,1-2H3,(H,21,23). The SMILES string of the molecule is CCCCC(=O)Nc1ccc(N2c3ccccc3CC2C)nc1. The van der Waals surface area contributed by atoms with Crippen LogP contribution in [0, 0.1) is 0 Å². The van der Waals surface area contributed by atoms with E-state index in [2.05, 4.69) is 53.3 Å². The summed E-state index contributed by atoms with van der Waals surface area (Å²) in [5, 5.41) is 2.90. The van der Waals surface area contributed by atoms with Crippen LogP contribution in [0.1, 0.15) is 38.7 Å². The zero-order valence-electron chi connectivity index (χ0n) is 13.7. The Labute approximate surface area is 137 Å². The maximum absolute atomic E-state index is 11.8. The van der Waals surface area contributed by atoms with E-state index in [1.807, 2.05) is 12.1 Å². The molecule has 2 heterocycles. The second-order valence-corrected chi connectivity index (χ2v) is 6.11. The van der Waals surface area contributed by atoms with Crippen LogP contribution >= 0.6 is 0 Å². The highest BCUT2D eigenvalue weighted by atomic mass is 16.1. The zero-order chi connectivity index (χ0) is 16.2. The van der Waals surface area contributed by atoms with Crippen LogP contribution < -0.4 is 10.2 Å². The number of nitrogens with one attached hydrogen (secondary N) is 1. The average Bonchev–Trinajstić information content (AvgIpc) is 2.89. The predicted octanol–water partition coefficient (Wildman–Crippen LogP) is 4.29. The Morgan fingerprint density at radius 3 is 2.87 bits per heavy atom. The highest BCUT2D eigenvalue weighted by Gasteiger charge is 2.27. The van der Waals surface area contributed by atoms with Crippen LogP contribution in [-0.4, -0.2) is 16.9 Å². The van der Waals surface area contributed by atoms with Crippen molar-refractivity contribution in [2.45, 2.75) is 45.6 Å². The Morgan fingerprint density at radius 1 is 1.30 bits per heavy atom. The summed E-state index contributed by atoms with van der Waals surface area (Å²) >= 11 is 0. The summed E-state index contributed by atoms with van der Waals surface area (Å²) in [5.41, 5.74) is 3.35. The Balaban J connectivity index is 1.74. The van der Waals surface area contributed by atoms with E-state index in [9.17, 15) is 4.79 Å². The van der Waals surface area contributed by atoms with Crippen molar-refractivity contribution in [3.05, 3.63) is 48.2 Å². The summed E-state index contributed by atoms with van der Waals surface area (Å²) in [6.07, 6.45) is 5.28. The molecule has 3 rings (SSSR count). The highest BCUT2D eigenvalue weighted by Crippen LogP contribution is 2.37. The summed E-state index contributed by atoms with van der Waals surface area (Å²) in [6, 6.07) is 12.8. The van der Waals surface area contributed by atoms with E-state index >= 15 is 0 Å². The van der Waals surface area contributed by atoms with Crippen molar-refractivity contribution in [1.29, 1.82) is 0 Å². The smallest absolute Gasteiger partial charge is 0.224 e. The quantitative estimate of drug-likeness (QED) is 0.896. The summed E-state index contributed by atoms with van der Waals surface area (Å²) in [5.74, 6) is 0.982. The Morgan fingerprint density at radius 2 is 2.13 bits per heavy atom. The maximum atomic E-state index is 11.8. The number of pyridine rings is 1. The monoisotopic (exact) mass is 309 g/mol. The molecule has 1 unspecified atom stereocenters. The molecule has 120 valence electrons. The summed E-state index contributed by atoms with van der Waals surface area (Å²) < 4.78 is 0. The molecule has 23 heavy (non-hydrogen) atoms. The lowest BCUT2D eigenvalue weighted by atomic mass is 10.1. The number of anilines is 3. The first-order valence-electron chi connectivity index (χ1n) is 8.32. The lowest BCUT2D eigenvalue weighted by Gasteiger charge is -2.24. The molecule has 1 atom stereocenters. The normalized spacial score (nSPS) is 16.3.